The Labute approximate surface area is 147 Å². The SMILES string of the molecule is C=C(C#CC(C)(C)C)SC.C=C(C)Cc1cc(C)c(N)cc1C. The minimum absolute atomic E-state index is 0.0959. The van der Waals surface area contributed by atoms with Gasteiger partial charge in [-0.2, -0.15) is 0 Å². The van der Waals surface area contributed by atoms with Crippen LogP contribution in [-0.2, 0) is 6.42 Å². The number of hydrogen-bond donors (Lipinski definition) is 1. The van der Waals surface area contributed by atoms with E-state index in [-0.39, 0.29) is 5.41 Å². The van der Waals surface area contributed by atoms with Gasteiger partial charge in [0.05, 0.1) is 0 Å². The molecule has 0 aliphatic rings. The second-order valence-corrected chi connectivity index (χ2v) is 7.80. The zero-order valence-electron chi connectivity index (χ0n) is 15.8. The molecule has 1 aromatic carbocycles. The Morgan fingerprint density at radius 1 is 1.17 bits per heavy atom. The molecule has 2 N–H and O–H groups in total. The second-order valence-electron chi connectivity index (χ2n) is 6.90. The molecule has 0 radical (unpaired) electrons. The summed E-state index contributed by atoms with van der Waals surface area (Å²) in [5, 5.41) is 0. The van der Waals surface area contributed by atoms with Crippen molar-refractivity contribution >= 4 is 17.4 Å². The summed E-state index contributed by atoms with van der Waals surface area (Å²) in [6, 6.07) is 4.19. The maximum absolute atomic E-state index is 5.80. The number of aryl methyl sites for hydroxylation is 2. The van der Waals surface area contributed by atoms with E-state index in [0.717, 1.165) is 22.6 Å². The van der Waals surface area contributed by atoms with Gasteiger partial charge in [0.15, 0.2) is 0 Å². The molecule has 0 atom stereocenters. The van der Waals surface area contributed by atoms with Crippen LogP contribution in [0.15, 0.2) is 35.8 Å². The van der Waals surface area contributed by atoms with Gasteiger partial charge in [0.25, 0.3) is 0 Å². The van der Waals surface area contributed by atoms with Crippen LogP contribution in [-0.4, -0.2) is 6.26 Å². The lowest BCUT2D eigenvalue weighted by atomic mass is 9.98. The molecule has 0 heterocycles. The first-order chi connectivity index (χ1) is 10.5. The predicted molar refractivity (Wildman–Crippen MR) is 109 cm³/mol. The third-order valence-electron chi connectivity index (χ3n) is 3.04. The highest BCUT2D eigenvalue weighted by molar-refractivity contribution is 8.02. The molecule has 0 aliphatic heterocycles. The molecule has 1 aromatic rings. The van der Waals surface area contributed by atoms with Crippen LogP contribution < -0.4 is 5.73 Å². The van der Waals surface area contributed by atoms with Crippen molar-refractivity contribution in [2.24, 2.45) is 5.41 Å². The zero-order valence-corrected chi connectivity index (χ0v) is 16.6. The lowest BCUT2D eigenvalue weighted by Gasteiger charge is -2.09. The first-order valence-corrected chi connectivity index (χ1v) is 8.94. The molecular weight excluding hydrogens is 298 g/mol. The van der Waals surface area contributed by atoms with Crippen LogP contribution in [0, 0.1) is 31.1 Å². The molecule has 0 amide bonds. The van der Waals surface area contributed by atoms with Crippen LogP contribution in [0.25, 0.3) is 0 Å². The van der Waals surface area contributed by atoms with Crippen molar-refractivity contribution in [1.82, 2.24) is 0 Å². The van der Waals surface area contributed by atoms with E-state index >= 15 is 0 Å². The Morgan fingerprint density at radius 2 is 1.74 bits per heavy atom. The van der Waals surface area contributed by atoms with E-state index < -0.39 is 0 Å². The van der Waals surface area contributed by atoms with E-state index in [9.17, 15) is 0 Å². The van der Waals surface area contributed by atoms with E-state index in [2.05, 4.69) is 58.8 Å². The molecule has 2 heteroatoms. The smallest absolute Gasteiger partial charge is 0.0498 e. The number of hydrogen-bond acceptors (Lipinski definition) is 2. The van der Waals surface area contributed by atoms with E-state index in [1.165, 1.54) is 16.7 Å². The molecular formula is C21H31NS. The molecule has 1 rings (SSSR count). The van der Waals surface area contributed by atoms with Crippen LogP contribution in [0.4, 0.5) is 5.69 Å². The maximum atomic E-state index is 5.80. The highest BCUT2D eigenvalue weighted by Gasteiger charge is 2.03. The van der Waals surface area contributed by atoms with Gasteiger partial charge in [-0.05, 0) is 77.0 Å². The number of rotatable bonds is 3. The van der Waals surface area contributed by atoms with Crippen LogP contribution in [0.1, 0.15) is 44.4 Å². The fourth-order valence-corrected chi connectivity index (χ4v) is 1.88. The fraction of sp³-hybridized carbons (Fsp3) is 0.429. The molecule has 126 valence electrons. The standard InChI is InChI=1S/C12H17N.C9H14S/c1-8(2)5-11-6-10(4)12(13)7-9(11)3;1-8(10-5)6-7-9(2,3)4/h6-7H,1,5,13H2,2-4H3;1H2,2-5H3. The molecule has 0 aromatic heterocycles. The monoisotopic (exact) mass is 329 g/mol. The molecule has 23 heavy (non-hydrogen) atoms. The van der Waals surface area contributed by atoms with E-state index in [1.54, 1.807) is 11.8 Å². The quantitative estimate of drug-likeness (QED) is 0.423. The average Bonchev–Trinajstić information content (AvgIpc) is 2.41. The van der Waals surface area contributed by atoms with Gasteiger partial charge in [0.2, 0.25) is 0 Å². The van der Waals surface area contributed by atoms with E-state index in [0.29, 0.717) is 0 Å². The third kappa shape index (κ3) is 9.92. The van der Waals surface area contributed by atoms with Crippen LogP contribution in [0.3, 0.4) is 0 Å². The Kier molecular flexibility index (Phi) is 8.87. The minimum Gasteiger partial charge on any atom is -0.399 e. The summed E-state index contributed by atoms with van der Waals surface area (Å²) < 4.78 is 0. The number of benzene rings is 1. The van der Waals surface area contributed by atoms with Gasteiger partial charge in [-0.25, -0.2) is 0 Å². The van der Waals surface area contributed by atoms with Crippen molar-refractivity contribution in [3.63, 3.8) is 0 Å². The number of nitrogen functional groups attached to an aromatic ring is 1. The summed E-state index contributed by atoms with van der Waals surface area (Å²) in [5.74, 6) is 6.09. The summed E-state index contributed by atoms with van der Waals surface area (Å²) in [6.07, 6.45) is 2.94. The predicted octanol–water partition coefficient (Wildman–Crippen LogP) is 5.92. The third-order valence-corrected chi connectivity index (χ3v) is 3.64. The molecule has 0 fully saturated rings. The molecule has 0 aliphatic carbocycles. The molecule has 0 spiro atoms. The highest BCUT2D eigenvalue weighted by Crippen LogP contribution is 2.19. The van der Waals surface area contributed by atoms with Gasteiger partial charge in [-0.1, -0.05) is 36.6 Å². The van der Waals surface area contributed by atoms with Crippen LogP contribution in [0.5, 0.6) is 0 Å². The van der Waals surface area contributed by atoms with Crippen molar-refractivity contribution in [3.8, 4) is 11.8 Å². The minimum atomic E-state index is 0.0959. The van der Waals surface area contributed by atoms with Crippen LogP contribution >= 0.6 is 11.8 Å². The normalized spacial score (nSPS) is 10.0. The van der Waals surface area contributed by atoms with Gasteiger partial charge in [0.1, 0.15) is 0 Å². The molecule has 1 nitrogen and oxygen atoms in total. The zero-order chi connectivity index (χ0) is 18.2. The molecule has 0 bridgehead atoms. The average molecular weight is 330 g/mol. The topological polar surface area (TPSA) is 26.0 Å². The van der Waals surface area contributed by atoms with Gasteiger partial charge in [-0.15, -0.1) is 11.8 Å². The number of nitrogens with two attached hydrogens (primary N) is 1. The lowest BCUT2D eigenvalue weighted by Crippen LogP contribution is -1.99. The van der Waals surface area contributed by atoms with E-state index in [4.69, 9.17) is 5.73 Å². The Bertz CT molecular complexity index is 622. The number of anilines is 1. The van der Waals surface area contributed by atoms with Crippen molar-refractivity contribution in [3.05, 3.63) is 52.5 Å². The van der Waals surface area contributed by atoms with Gasteiger partial charge < -0.3 is 5.73 Å². The summed E-state index contributed by atoms with van der Waals surface area (Å²) in [5.41, 5.74) is 11.7. The van der Waals surface area contributed by atoms with Crippen molar-refractivity contribution in [2.45, 2.75) is 48.0 Å². The number of thioether (sulfide) groups is 1. The van der Waals surface area contributed by atoms with Crippen molar-refractivity contribution < 1.29 is 0 Å². The van der Waals surface area contributed by atoms with Crippen molar-refractivity contribution in [1.29, 1.82) is 0 Å². The highest BCUT2D eigenvalue weighted by atomic mass is 32.2. The Balaban J connectivity index is 0.000000438. The molecule has 0 saturated carbocycles. The second kappa shape index (κ2) is 9.53. The summed E-state index contributed by atoms with van der Waals surface area (Å²) in [4.78, 5) is 0.940. The van der Waals surface area contributed by atoms with Crippen molar-refractivity contribution in [2.75, 3.05) is 12.0 Å². The van der Waals surface area contributed by atoms with Gasteiger partial charge >= 0.3 is 0 Å². The Morgan fingerprint density at radius 3 is 2.17 bits per heavy atom. The van der Waals surface area contributed by atoms with Gasteiger partial charge in [-0.3, -0.25) is 0 Å². The number of allylic oxidation sites excluding steroid dienone is 2. The largest absolute Gasteiger partial charge is 0.399 e. The fourth-order valence-electron chi connectivity index (χ4n) is 1.72. The van der Waals surface area contributed by atoms with E-state index in [1.807, 2.05) is 26.2 Å². The summed E-state index contributed by atoms with van der Waals surface area (Å²) in [6.45, 7) is 20.1. The van der Waals surface area contributed by atoms with Gasteiger partial charge in [0, 0.05) is 16.0 Å². The first-order valence-electron chi connectivity index (χ1n) is 7.72. The first kappa shape index (κ1) is 21.4. The Hall–Kier alpha value is -1.59. The molecule has 0 unspecified atom stereocenters. The summed E-state index contributed by atoms with van der Waals surface area (Å²) >= 11 is 1.60. The lowest BCUT2D eigenvalue weighted by molar-refractivity contribution is 0.571. The summed E-state index contributed by atoms with van der Waals surface area (Å²) in [7, 11) is 0. The maximum Gasteiger partial charge on any atom is 0.0498 e. The molecule has 0 saturated heterocycles. The van der Waals surface area contributed by atoms with Crippen LogP contribution in [0.2, 0.25) is 0 Å².